The Labute approximate surface area is 160 Å². The summed E-state index contributed by atoms with van der Waals surface area (Å²) in [5.41, 5.74) is 3.60. The Hall–Kier alpha value is -2.05. The smallest absolute Gasteiger partial charge is 0.248 e. The molecule has 0 aliphatic rings. The number of hydrogen-bond donors (Lipinski definition) is 1. The zero-order valence-corrected chi connectivity index (χ0v) is 17.1. The summed E-state index contributed by atoms with van der Waals surface area (Å²) in [6.07, 6.45) is 1.10. The monoisotopic (exact) mass is 394 g/mol. The summed E-state index contributed by atoms with van der Waals surface area (Å²) in [7, 11) is -3.66. The van der Waals surface area contributed by atoms with E-state index in [9.17, 15) is 13.2 Å². The predicted octanol–water partition coefficient (Wildman–Crippen LogP) is 4.06. The minimum absolute atomic E-state index is 0.415. The largest absolute Gasteiger partial charge is 0.324 e. The van der Waals surface area contributed by atoms with Crippen LogP contribution in [0.25, 0.3) is 0 Å². The van der Waals surface area contributed by atoms with E-state index >= 15 is 0 Å². The Kier molecular flexibility index (Phi) is 5.98. The average molecular weight is 395 g/mol. The highest BCUT2D eigenvalue weighted by Gasteiger charge is 2.30. The standard InChI is InChI=1S/C19H23ClN2O3S/c1-12-6-7-13(2)18(10-12)22(26(5,24)25)15(4)19(23)21-17-9-8-16(20)11-14(17)3/h6-11,15H,1-5H3,(H,21,23)/t15-/m1/s1. The van der Waals surface area contributed by atoms with E-state index in [1.807, 2.05) is 32.9 Å². The molecular weight excluding hydrogens is 372 g/mol. The number of hydrogen-bond acceptors (Lipinski definition) is 3. The zero-order chi connectivity index (χ0) is 19.6. The van der Waals surface area contributed by atoms with Crippen molar-refractivity contribution in [1.82, 2.24) is 0 Å². The summed E-state index contributed by atoms with van der Waals surface area (Å²) < 4.78 is 26.0. The first kappa shape index (κ1) is 20.3. The van der Waals surface area contributed by atoms with E-state index in [1.165, 1.54) is 0 Å². The molecule has 140 valence electrons. The summed E-state index contributed by atoms with van der Waals surface area (Å²) in [5, 5.41) is 3.36. The number of halogens is 1. The first-order valence-electron chi connectivity index (χ1n) is 8.14. The van der Waals surface area contributed by atoms with Crippen molar-refractivity contribution in [3.8, 4) is 0 Å². The van der Waals surface area contributed by atoms with Gasteiger partial charge in [-0.15, -0.1) is 0 Å². The highest BCUT2D eigenvalue weighted by molar-refractivity contribution is 7.92. The minimum Gasteiger partial charge on any atom is -0.324 e. The summed E-state index contributed by atoms with van der Waals surface area (Å²) in [5.74, 6) is -0.415. The van der Waals surface area contributed by atoms with Crippen molar-refractivity contribution in [1.29, 1.82) is 0 Å². The van der Waals surface area contributed by atoms with E-state index in [4.69, 9.17) is 11.6 Å². The van der Waals surface area contributed by atoms with Crippen molar-refractivity contribution >= 4 is 38.9 Å². The fourth-order valence-corrected chi connectivity index (χ4v) is 4.19. The number of amides is 1. The molecule has 0 spiro atoms. The lowest BCUT2D eigenvalue weighted by Crippen LogP contribution is -2.45. The molecule has 1 amide bonds. The number of rotatable bonds is 5. The Morgan fingerprint density at radius 1 is 1.08 bits per heavy atom. The van der Waals surface area contributed by atoms with Crippen LogP contribution >= 0.6 is 11.6 Å². The molecule has 0 fully saturated rings. The maximum atomic E-state index is 12.8. The van der Waals surface area contributed by atoms with E-state index in [0.29, 0.717) is 16.4 Å². The lowest BCUT2D eigenvalue weighted by Gasteiger charge is -2.30. The second-order valence-corrected chi connectivity index (χ2v) is 8.77. The Morgan fingerprint density at radius 3 is 2.31 bits per heavy atom. The van der Waals surface area contributed by atoms with Crippen LogP contribution in [0, 0.1) is 20.8 Å². The van der Waals surface area contributed by atoms with Crippen molar-refractivity contribution in [2.45, 2.75) is 33.7 Å². The van der Waals surface area contributed by atoms with Gasteiger partial charge in [-0.25, -0.2) is 8.42 Å². The second kappa shape index (κ2) is 7.68. The first-order chi connectivity index (χ1) is 12.0. The molecule has 2 aromatic carbocycles. The van der Waals surface area contributed by atoms with Gasteiger partial charge in [0.15, 0.2) is 0 Å². The fraction of sp³-hybridized carbons (Fsp3) is 0.316. The molecule has 7 heteroatoms. The Morgan fingerprint density at radius 2 is 1.73 bits per heavy atom. The van der Waals surface area contributed by atoms with Crippen LogP contribution in [0.2, 0.25) is 5.02 Å². The van der Waals surface area contributed by atoms with Gasteiger partial charge in [0.2, 0.25) is 15.9 Å². The third-order valence-corrected chi connectivity index (χ3v) is 5.60. The maximum Gasteiger partial charge on any atom is 0.248 e. The first-order valence-corrected chi connectivity index (χ1v) is 10.4. The van der Waals surface area contributed by atoms with Crippen LogP contribution in [0.3, 0.4) is 0 Å². The number of carbonyl (C=O) groups is 1. The van der Waals surface area contributed by atoms with Crippen LogP contribution in [0.4, 0.5) is 11.4 Å². The summed E-state index contributed by atoms with van der Waals surface area (Å²) in [6, 6.07) is 9.71. The quantitative estimate of drug-likeness (QED) is 0.831. The van der Waals surface area contributed by atoms with Crippen molar-refractivity contribution in [3.63, 3.8) is 0 Å². The number of carbonyl (C=O) groups excluding carboxylic acids is 1. The van der Waals surface area contributed by atoms with Crippen LogP contribution in [0.15, 0.2) is 36.4 Å². The van der Waals surface area contributed by atoms with Gasteiger partial charge in [-0.2, -0.15) is 0 Å². The summed E-state index contributed by atoms with van der Waals surface area (Å²) in [4.78, 5) is 12.8. The van der Waals surface area contributed by atoms with E-state index < -0.39 is 22.0 Å². The van der Waals surface area contributed by atoms with Gasteiger partial charge in [-0.05, 0) is 68.7 Å². The lowest BCUT2D eigenvalue weighted by molar-refractivity contribution is -0.116. The number of anilines is 2. The summed E-state index contributed by atoms with van der Waals surface area (Å²) in [6.45, 7) is 7.10. The van der Waals surface area contributed by atoms with E-state index in [1.54, 1.807) is 31.2 Å². The fourth-order valence-electron chi connectivity index (χ4n) is 2.74. The maximum absolute atomic E-state index is 12.8. The van der Waals surface area contributed by atoms with Gasteiger partial charge in [-0.1, -0.05) is 23.7 Å². The van der Waals surface area contributed by atoms with Crippen molar-refractivity contribution in [2.75, 3.05) is 15.9 Å². The topological polar surface area (TPSA) is 66.5 Å². The molecule has 0 aliphatic carbocycles. The van der Waals surface area contributed by atoms with Crippen LogP contribution in [-0.4, -0.2) is 26.6 Å². The van der Waals surface area contributed by atoms with Gasteiger partial charge in [-0.3, -0.25) is 9.10 Å². The average Bonchev–Trinajstić information content (AvgIpc) is 2.52. The SMILES string of the molecule is Cc1ccc(C)c(N([C@H](C)C(=O)Nc2ccc(Cl)cc2C)S(C)(=O)=O)c1. The number of nitrogens with zero attached hydrogens (tertiary/aromatic N) is 1. The molecule has 0 radical (unpaired) electrons. The normalized spacial score (nSPS) is 12.5. The number of benzene rings is 2. The predicted molar refractivity (Wildman–Crippen MR) is 108 cm³/mol. The van der Waals surface area contributed by atoms with E-state index in [2.05, 4.69) is 5.32 Å². The highest BCUT2D eigenvalue weighted by atomic mass is 35.5. The molecule has 26 heavy (non-hydrogen) atoms. The molecule has 5 nitrogen and oxygen atoms in total. The van der Waals surface area contributed by atoms with Gasteiger partial charge in [0.1, 0.15) is 6.04 Å². The van der Waals surface area contributed by atoms with Crippen LogP contribution in [-0.2, 0) is 14.8 Å². The zero-order valence-electron chi connectivity index (χ0n) is 15.5. The molecule has 2 aromatic rings. The van der Waals surface area contributed by atoms with E-state index in [-0.39, 0.29) is 0 Å². The van der Waals surface area contributed by atoms with Gasteiger partial charge < -0.3 is 5.32 Å². The third-order valence-electron chi connectivity index (χ3n) is 4.14. The number of sulfonamides is 1. The van der Waals surface area contributed by atoms with E-state index in [0.717, 1.165) is 27.3 Å². The second-order valence-electron chi connectivity index (χ2n) is 6.47. The molecule has 0 aliphatic heterocycles. The van der Waals surface area contributed by atoms with Crippen molar-refractivity contribution < 1.29 is 13.2 Å². The van der Waals surface area contributed by atoms with Gasteiger partial charge in [0, 0.05) is 10.7 Å². The summed E-state index contributed by atoms with van der Waals surface area (Å²) >= 11 is 5.94. The molecular formula is C19H23ClN2O3S. The number of nitrogens with one attached hydrogen (secondary N) is 1. The van der Waals surface area contributed by atoms with Gasteiger partial charge in [0.05, 0.1) is 11.9 Å². The molecule has 0 saturated carbocycles. The molecule has 0 bridgehead atoms. The molecule has 0 unspecified atom stereocenters. The molecule has 0 heterocycles. The molecule has 2 rings (SSSR count). The van der Waals surface area contributed by atoms with Crippen LogP contribution in [0.5, 0.6) is 0 Å². The van der Waals surface area contributed by atoms with Crippen LogP contribution < -0.4 is 9.62 Å². The molecule has 0 aromatic heterocycles. The Bertz CT molecular complexity index is 942. The molecule has 1 N–H and O–H groups in total. The minimum atomic E-state index is -3.66. The molecule has 0 saturated heterocycles. The Balaban J connectivity index is 2.39. The third kappa shape index (κ3) is 4.56. The van der Waals surface area contributed by atoms with Crippen LogP contribution in [0.1, 0.15) is 23.6 Å². The van der Waals surface area contributed by atoms with Gasteiger partial charge >= 0.3 is 0 Å². The van der Waals surface area contributed by atoms with Gasteiger partial charge in [0.25, 0.3) is 0 Å². The highest BCUT2D eigenvalue weighted by Crippen LogP contribution is 2.27. The number of aryl methyl sites for hydroxylation is 3. The molecule has 1 atom stereocenters. The van der Waals surface area contributed by atoms with Crippen molar-refractivity contribution in [2.24, 2.45) is 0 Å². The van der Waals surface area contributed by atoms with Crippen molar-refractivity contribution in [3.05, 3.63) is 58.1 Å². The lowest BCUT2D eigenvalue weighted by atomic mass is 10.1.